The molecular weight excluding hydrogens is 286 g/mol. The highest BCUT2D eigenvalue weighted by atomic mass is 16.5. The van der Waals surface area contributed by atoms with Crippen molar-refractivity contribution in [1.82, 2.24) is 5.32 Å². The number of rotatable bonds is 7. The number of carboxylic acids is 1. The summed E-state index contributed by atoms with van der Waals surface area (Å²) in [6.45, 7) is 2.89. The van der Waals surface area contributed by atoms with E-state index in [4.69, 9.17) is 14.6 Å². The van der Waals surface area contributed by atoms with E-state index in [2.05, 4.69) is 5.32 Å². The molecule has 1 amide bonds. The van der Waals surface area contributed by atoms with Crippen LogP contribution in [0.5, 0.6) is 0 Å². The molecule has 22 heavy (non-hydrogen) atoms. The second-order valence-corrected chi connectivity index (χ2v) is 6.51. The lowest BCUT2D eigenvalue weighted by Crippen LogP contribution is -2.51. The number of amides is 1. The second kappa shape index (κ2) is 7.92. The highest BCUT2D eigenvalue weighted by Crippen LogP contribution is 2.32. The van der Waals surface area contributed by atoms with Crippen LogP contribution in [0, 0.1) is 0 Å². The van der Waals surface area contributed by atoms with Crippen molar-refractivity contribution in [2.24, 2.45) is 0 Å². The van der Waals surface area contributed by atoms with Gasteiger partial charge >= 0.3 is 5.97 Å². The van der Waals surface area contributed by atoms with E-state index in [1.807, 2.05) is 0 Å². The molecule has 1 saturated heterocycles. The zero-order chi connectivity index (χ0) is 16.0. The summed E-state index contributed by atoms with van der Waals surface area (Å²) in [4.78, 5) is 23.3. The molecule has 0 radical (unpaired) electrons. The van der Waals surface area contributed by atoms with E-state index in [1.165, 1.54) is 0 Å². The molecule has 2 rings (SSSR count). The van der Waals surface area contributed by atoms with Crippen molar-refractivity contribution >= 4 is 11.9 Å². The average Bonchev–Trinajstić information content (AvgIpc) is 2.93. The predicted molar refractivity (Wildman–Crippen MR) is 80.6 cm³/mol. The van der Waals surface area contributed by atoms with Gasteiger partial charge in [0, 0.05) is 6.61 Å². The third-order valence-corrected chi connectivity index (χ3v) is 4.61. The second-order valence-electron chi connectivity index (χ2n) is 6.51. The first-order valence-corrected chi connectivity index (χ1v) is 8.28. The normalized spacial score (nSPS) is 25.6. The molecule has 0 spiro atoms. The van der Waals surface area contributed by atoms with Gasteiger partial charge in [0.2, 0.25) is 5.91 Å². The van der Waals surface area contributed by atoms with Crippen LogP contribution in [0.1, 0.15) is 58.3 Å². The van der Waals surface area contributed by atoms with Gasteiger partial charge < -0.3 is 19.9 Å². The standard InChI is InChI=1S/C16H27NO5/c1-12(22-11-13-6-2-5-9-21-13)15(20)17-16(10-14(18)19)7-3-4-8-16/h12-13H,2-11H2,1H3,(H,17,20)(H,18,19). The first-order valence-electron chi connectivity index (χ1n) is 8.28. The van der Waals surface area contributed by atoms with Gasteiger partial charge in [0.05, 0.1) is 24.7 Å². The molecule has 1 saturated carbocycles. The van der Waals surface area contributed by atoms with E-state index in [1.54, 1.807) is 6.92 Å². The van der Waals surface area contributed by atoms with Crippen LogP contribution in [-0.2, 0) is 19.1 Å². The predicted octanol–water partition coefficient (Wildman–Crippen LogP) is 1.86. The number of ether oxygens (including phenoxy) is 2. The van der Waals surface area contributed by atoms with E-state index in [9.17, 15) is 9.59 Å². The van der Waals surface area contributed by atoms with E-state index in [-0.39, 0.29) is 18.4 Å². The third kappa shape index (κ3) is 4.95. The molecule has 2 aliphatic rings. The summed E-state index contributed by atoms with van der Waals surface area (Å²) in [5.41, 5.74) is -0.595. The average molecular weight is 313 g/mol. The Balaban J connectivity index is 1.80. The lowest BCUT2D eigenvalue weighted by atomic mass is 9.93. The molecule has 2 atom stereocenters. The van der Waals surface area contributed by atoms with Crippen LogP contribution in [0.4, 0.5) is 0 Å². The number of hydrogen-bond donors (Lipinski definition) is 2. The van der Waals surface area contributed by atoms with Gasteiger partial charge in [0.1, 0.15) is 6.10 Å². The van der Waals surface area contributed by atoms with Crippen molar-refractivity contribution in [3.63, 3.8) is 0 Å². The summed E-state index contributed by atoms with van der Waals surface area (Å²) in [6, 6.07) is 0. The van der Waals surface area contributed by atoms with E-state index < -0.39 is 17.6 Å². The van der Waals surface area contributed by atoms with Crippen molar-refractivity contribution in [2.75, 3.05) is 13.2 Å². The van der Waals surface area contributed by atoms with Crippen molar-refractivity contribution in [3.05, 3.63) is 0 Å². The molecule has 2 unspecified atom stereocenters. The number of nitrogens with one attached hydrogen (secondary N) is 1. The Bertz CT molecular complexity index is 386. The molecular formula is C16H27NO5. The first-order chi connectivity index (χ1) is 10.5. The quantitative estimate of drug-likeness (QED) is 0.749. The number of aliphatic carboxylic acids is 1. The molecule has 2 fully saturated rings. The zero-order valence-corrected chi connectivity index (χ0v) is 13.3. The molecule has 126 valence electrons. The maximum atomic E-state index is 12.3. The Morgan fingerprint density at radius 1 is 1.32 bits per heavy atom. The lowest BCUT2D eigenvalue weighted by Gasteiger charge is -2.30. The minimum absolute atomic E-state index is 0.0167. The summed E-state index contributed by atoms with van der Waals surface area (Å²) in [7, 11) is 0. The lowest BCUT2D eigenvalue weighted by molar-refractivity contribution is -0.141. The largest absolute Gasteiger partial charge is 0.481 e. The minimum Gasteiger partial charge on any atom is -0.481 e. The summed E-state index contributed by atoms with van der Waals surface area (Å²) in [6.07, 6.45) is 6.03. The molecule has 1 heterocycles. The van der Waals surface area contributed by atoms with Gasteiger partial charge in [-0.1, -0.05) is 12.8 Å². The monoisotopic (exact) mass is 313 g/mol. The Hall–Kier alpha value is -1.14. The van der Waals surface area contributed by atoms with Crippen molar-refractivity contribution < 1.29 is 24.2 Å². The van der Waals surface area contributed by atoms with Gasteiger partial charge in [-0.05, 0) is 39.0 Å². The van der Waals surface area contributed by atoms with Crippen LogP contribution in [0.25, 0.3) is 0 Å². The summed E-state index contributed by atoms with van der Waals surface area (Å²) in [5.74, 6) is -1.09. The first kappa shape index (κ1) is 17.2. The molecule has 0 aromatic heterocycles. The van der Waals surface area contributed by atoms with E-state index in [0.29, 0.717) is 6.61 Å². The maximum absolute atomic E-state index is 12.3. The van der Waals surface area contributed by atoms with E-state index >= 15 is 0 Å². The highest BCUT2D eigenvalue weighted by molar-refractivity contribution is 5.82. The van der Waals surface area contributed by atoms with Crippen LogP contribution in [0.3, 0.4) is 0 Å². The fourth-order valence-electron chi connectivity index (χ4n) is 3.32. The van der Waals surface area contributed by atoms with Gasteiger partial charge in [-0.25, -0.2) is 0 Å². The molecule has 0 aromatic rings. The van der Waals surface area contributed by atoms with Crippen molar-refractivity contribution in [1.29, 1.82) is 0 Å². The van der Waals surface area contributed by atoms with Crippen LogP contribution in [0.2, 0.25) is 0 Å². The summed E-state index contributed by atoms with van der Waals surface area (Å²) >= 11 is 0. The Morgan fingerprint density at radius 2 is 2.05 bits per heavy atom. The Morgan fingerprint density at radius 3 is 2.64 bits per heavy atom. The number of hydrogen-bond acceptors (Lipinski definition) is 4. The highest BCUT2D eigenvalue weighted by Gasteiger charge is 2.38. The van der Waals surface area contributed by atoms with Crippen LogP contribution in [-0.4, -0.2) is 47.9 Å². The van der Waals surface area contributed by atoms with Crippen LogP contribution >= 0.6 is 0 Å². The van der Waals surface area contributed by atoms with Crippen LogP contribution < -0.4 is 5.32 Å². The smallest absolute Gasteiger partial charge is 0.305 e. The van der Waals surface area contributed by atoms with Gasteiger partial charge in [-0.3, -0.25) is 9.59 Å². The van der Waals surface area contributed by atoms with Gasteiger partial charge in [-0.15, -0.1) is 0 Å². The number of carbonyl (C=O) groups excluding carboxylic acids is 1. The molecule has 1 aliphatic carbocycles. The third-order valence-electron chi connectivity index (χ3n) is 4.61. The van der Waals surface area contributed by atoms with Gasteiger partial charge in [-0.2, -0.15) is 0 Å². The Kier molecular flexibility index (Phi) is 6.20. The number of carboxylic acid groups (broad SMARTS) is 1. The Labute approximate surface area is 131 Å². The molecule has 6 nitrogen and oxygen atoms in total. The molecule has 0 aromatic carbocycles. The van der Waals surface area contributed by atoms with Crippen molar-refractivity contribution in [3.8, 4) is 0 Å². The molecule has 6 heteroatoms. The zero-order valence-electron chi connectivity index (χ0n) is 13.3. The summed E-state index contributed by atoms with van der Waals surface area (Å²) in [5, 5.41) is 12.0. The molecule has 2 N–H and O–H groups in total. The fourth-order valence-corrected chi connectivity index (χ4v) is 3.32. The number of carbonyl (C=O) groups is 2. The molecule has 0 bridgehead atoms. The fraction of sp³-hybridized carbons (Fsp3) is 0.875. The van der Waals surface area contributed by atoms with Crippen molar-refractivity contribution in [2.45, 2.75) is 76.0 Å². The SMILES string of the molecule is CC(OCC1CCCCO1)C(=O)NC1(CC(=O)O)CCCC1. The van der Waals surface area contributed by atoms with Gasteiger partial charge in [0.25, 0.3) is 0 Å². The van der Waals surface area contributed by atoms with Crippen LogP contribution in [0.15, 0.2) is 0 Å². The minimum atomic E-state index is -0.869. The topological polar surface area (TPSA) is 84.9 Å². The van der Waals surface area contributed by atoms with E-state index in [0.717, 1.165) is 51.6 Å². The molecule has 1 aliphatic heterocycles. The van der Waals surface area contributed by atoms with Gasteiger partial charge in [0.15, 0.2) is 0 Å². The summed E-state index contributed by atoms with van der Waals surface area (Å²) < 4.78 is 11.2. The maximum Gasteiger partial charge on any atom is 0.305 e.